The third-order valence-electron chi connectivity index (χ3n) is 12.6. The fourth-order valence-electron chi connectivity index (χ4n) is 8.85. The van der Waals surface area contributed by atoms with Crippen molar-refractivity contribution in [3.05, 3.63) is 94.8 Å². The molecular weight excluding hydrogens is 879 g/mol. The van der Waals surface area contributed by atoms with Crippen LogP contribution in [0.1, 0.15) is 103 Å². The lowest BCUT2D eigenvalue weighted by molar-refractivity contribution is -0.688. The molecule has 4 unspecified atom stereocenters. The Balaban J connectivity index is 1.01. The molecule has 1 aromatic heterocycles. The number of ether oxygens (including phenoxy) is 2. The van der Waals surface area contributed by atoms with Crippen molar-refractivity contribution >= 4 is 59.6 Å². The van der Waals surface area contributed by atoms with Crippen LogP contribution in [-0.4, -0.2) is 122 Å². The number of likely N-dealkylation sites (tertiary alicyclic amines) is 2. The third kappa shape index (κ3) is 13.9. The number of carbonyl (C=O) groups is 6. The molecule has 0 bridgehead atoms. The number of aromatic nitrogens is 1. The second kappa shape index (κ2) is 24.1. The largest absolute Gasteiger partial charge is 0.460 e. The highest BCUT2D eigenvalue weighted by molar-refractivity contribution is 7.81. The Kier molecular flexibility index (Phi) is 18.4. The molecule has 3 aliphatic rings. The maximum absolute atomic E-state index is 13.4. The van der Waals surface area contributed by atoms with E-state index in [0.717, 1.165) is 78.8 Å². The number of ketones is 2. The smallest absolute Gasteiger partial charge is 0.253 e. The lowest BCUT2D eigenvalue weighted by atomic mass is 9.90. The molecule has 2 aromatic carbocycles. The van der Waals surface area contributed by atoms with Gasteiger partial charge in [0, 0.05) is 68.1 Å². The van der Waals surface area contributed by atoms with Gasteiger partial charge in [-0.15, -0.1) is 0 Å². The summed E-state index contributed by atoms with van der Waals surface area (Å²) < 4.78 is 13.5. The van der Waals surface area contributed by atoms with Gasteiger partial charge in [0.25, 0.3) is 5.91 Å². The summed E-state index contributed by atoms with van der Waals surface area (Å²) in [4.78, 5) is 79.9. The van der Waals surface area contributed by atoms with Gasteiger partial charge in [0.1, 0.15) is 30.1 Å². The van der Waals surface area contributed by atoms with Gasteiger partial charge in [0.2, 0.25) is 24.0 Å². The van der Waals surface area contributed by atoms with Crippen LogP contribution in [0.3, 0.4) is 0 Å². The van der Waals surface area contributed by atoms with Crippen LogP contribution in [0, 0.1) is 19.8 Å². The number of benzene rings is 2. The molecule has 0 spiro atoms. The Labute approximate surface area is 396 Å². The van der Waals surface area contributed by atoms with E-state index in [0.29, 0.717) is 24.4 Å². The zero-order chi connectivity index (χ0) is 48.2. The number of anilines is 1. The lowest BCUT2D eigenvalue weighted by Gasteiger charge is -2.35. The molecule has 6 N–H and O–H groups in total. The highest BCUT2D eigenvalue weighted by atomic mass is 32.1. The minimum atomic E-state index is -1.60. The summed E-state index contributed by atoms with van der Waals surface area (Å²) in [5, 5.41) is 32.9. The molecule has 0 radical (unpaired) electrons. The zero-order valence-corrected chi connectivity index (χ0v) is 39.2. The molecule has 3 saturated heterocycles. The number of nitrogens with one attached hydrogen (secondary N) is 1. The third-order valence-corrected chi connectivity index (χ3v) is 13.0. The number of allylic oxidation sites excluding steroid dienone is 1. The van der Waals surface area contributed by atoms with E-state index in [2.05, 4.69) is 17.9 Å². The summed E-state index contributed by atoms with van der Waals surface area (Å²) in [5.74, 6) is -1.12. The molecular formula is C50H64N5O11S+. The van der Waals surface area contributed by atoms with Gasteiger partial charge in [-0.1, -0.05) is 37.0 Å². The fourth-order valence-corrected chi connectivity index (χ4v) is 9.13. The van der Waals surface area contributed by atoms with Crippen molar-refractivity contribution in [1.82, 2.24) is 9.80 Å². The zero-order valence-electron chi connectivity index (χ0n) is 38.3. The molecule has 6 atom stereocenters. The van der Waals surface area contributed by atoms with Crippen molar-refractivity contribution in [2.45, 2.75) is 127 Å². The lowest BCUT2D eigenvalue weighted by Crippen LogP contribution is -2.54. The molecule has 4 amide bonds. The standard InChI is InChI=1S/C50H63N5O11S/c1-31-9-6-12-36(23-31)48(63)54-21-18-33(19-22-54)10-4-3-5-13-37(56)17-16-34-11-8-20-53(28-34)29-35-24-32(2)47(66-50-46(62)45(61)41(58)30-65-50)38(25-35)52-43(59)15-7-14-40(57)39(27-51)55-44(60)26-42(67)49(55)64/h6,8-9,11-12,16-17,20,23-25,28,33,39,41-42,45-46,50,58,61-62H,3-5,7,10,13-15,18-19,21-22,26-27,29-30,51H2,1-2H3,(H-,52,59,67)/p+1/b17-16+/t39?,41?,42?,45-,46-,50?/m0/s1. The van der Waals surface area contributed by atoms with Gasteiger partial charge in [0.15, 0.2) is 30.5 Å². The number of Topliss-reactive ketones (excluding diaryl/α,β-unsaturated/α-hetero) is 1. The minimum absolute atomic E-state index is 0.0473. The Morgan fingerprint density at radius 2 is 1.75 bits per heavy atom. The number of nitrogens with zero attached hydrogens (tertiary/aromatic N) is 3. The average molecular weight is 943 g/mol. The Bertz CT molecular complexity index is 2300. The van der Waals surface area contributed by atoms with E-state index in [1.807, 2.05) is 71.2 Å². The molecule has 6 rings (SSSR count). The van der Waals surface area contributed by atoms with Gasteiger partial charge >= 0.3 is 0 Å². The summed E-state index contributed by atoms with van der Waals surface area (Å²) in [7, 11) is 0. The number of hydrogen-bond donors (Lipinski definition) is 6. The Morgan fingerprint density at radius 1 is 0.970 bits per heavy atom. The second-order valence-corrected chi connectivity index (χ2v) is 18.5. The van der Waals surface area contributed by atoms with Gasteiger partial charge in [-0.05, 0) is 93.5 Å². The van der Waals surface area contributed by atoms with E-state index in [1.165, 1.54) is 0 Å². The first kappa shape index (κ1) is 51.1. The predicted molar refractivity (Wildman–Crippen MR) is 252 cm³/mol. The number of nitrogens with two attached hydrogens (primary N) is 1. The quantitative estimate of drug-likeness (QED) is 0.0296. The van der Waals surface area contributed by atoms with Crippen LogP contribution < -0.4 is 20.4 Å². The maximum atomic E-state index is 13.4. The molecule has 16 nitrogen and oxygen atoms in total. The van der Waals surface area contributed by atoms with Crippen LogP contribution in [-0.2, 0) is 35.3 Å². The van der Waals surface area contributed by atoms with Crippen LogP contribution >= 0.6 is 12.6 Å². The molecule has 17 heteroatoms. The van der Waals surface area contributed by atoms with E-state index < -0.39 is 59.4 Å². The number of aliphatic hydroxyl groups excluding tert-OH is 3. The number of unbranched alkanes of at least 4 members (excludes halogenated alkanes) is 2. The number of thiol groups is 1. The number of aliphatic hydroxyl groups is 3. The fraction of sp³-hybridized carbons (Fsp3) is 0.500. The molecule has 3 aromatic rings. The number of aryl methyl sites for hydroxylation is 2. The van der Waals surface area contributed by atoms with Crippen molar-refractivity contribution in [2.75, 3.05) is 31.6 Å². The average Bonchev–Trinajstić information content (AvgIpc) is 3.55. The van der Waals surface area contributed by atoms with Gasteiger partial charge < -0.3 is 40.7 Å². The van der Waals surface area contributed by atoms with Crippen LogP contribution in [0.5, 0.6) is 5.75 Å². The molecule has 0 aliphatic carbocycles. The number of carbonyl (C=O) groups excluding carboxylic acids is 6. The number of rotatable bonds is 21. The van der Waals surface area contributed by atoms with Gasteiger partial charge in [-0.25, -0.2) is 4.57 Å². The van der Waals surface area contributed by atoms with E-state index in [1.54, 1.807) is 25.1 Å². The first-order valence-electron chi connectivity index (χ1n) is 23.2. The monoisotopic (exact) mass is 942 g/mol. The number of piperidine rings is 1. The number of hydrogen-bond acceptors (Lipinski definition) is 13. The Hall–Kier alpha value is -5.30. The highest BCUT2D eigenvalue weighted by Crippen LogP contribution is 2.34. The van der Waals surface area contributed by atoms with Gasteiger partial charge in [0.05, 0.1) is 17.5 Å². The molecule has 4 heterocycles. The summed E-state index contributed by atoms with van der Waals surface area (Å²) in [6.07, 6.45) is 7.47. The van der Waals surface area contributed by atoms with Crippen molar-refractivity contribution in [2.24, 2.45) is 11.7 Å². The number of pyridine rings is 1. The second-order valence-electron chi connectivity index (χ2n) is 17.9. The van der Waals surface area contributed by atoms with Crippen LogP contribution in [0.4, 0.5) is 5.69 Å². The van der Waals surface area contributed by atoms with E-state index in [-0.39, 0.29) is 62.0 Å². The van der Waals surface area contributed by atoms with Crippen molar-refractivity contribution in [1.29, 1.82) is 0 Å². The molecule has 67 heavy (non-hydrogen) atoms. The molecule has 3 aliphatic heterocycles. The normalized spacial score (nSPS) is 21.7. The molecule has 0 saturated carbocycles. The minimum Gasteiger partial charge on any atom is -0.460 e. The first-order valence-corrected chi connectivity index (χ1v) is 23.7. The topological polar surface area (TPSA) is 230 Å². The van der Waals surface area contributed by atoms with Crippen LogP contribution in [0.25, 0.3) is 6.08 Å². The van der Waals surface area contributed by atoms with Crippen molar-refractivity contribution < 1.29 is 58.1 Å². The van der Waals surface area contributed by atoms with Crippen LogP contribution in [0.15, 0.2) is 67.0 Å². The first-order chi connectivity index (χ1) is 32.1. The van der Waals surface area contributed by atoms with Gasteiger partial charge in [-0.3, -0.25) is 33.7 Å². The molecule has 3 fully saturated rings. The predicted octanol–water partition coefficient (Wildman–Crippen LogP) is 3.60. The van der Waals surface area contributed by atoms with E-state index in [9.17, 15) is 44.1 Å². The SMILES string of the molecule is Cc1cccc(C(=O)N2CCC(CCCCCC(=O)/C=C/c3ccc[n+](Cc4cc(C)c(OC5OCC(O)[C@H](O)[C@@H]5O)c(NC(=O)CCCC(=O)C(CN)N5C(=O)CC(S)C5=O)c4)c3)CC2)c1. The van der Waals surface area contributed by atoms with E-state index >= 15 is 0 Å². The number of amides is 4. The van der Waals surface area contributed by atoms with Gasteiger partial charge in [-0.2, -0.15) is 12.6 Å². The summed E-state index contributed by atoms with van der Waals surface area (Å²) >= 11 is 4.12. The summed E-state index contributed by atoms with van der Waals surface area (Å²) in [5.41, 5.74) is 9.98. The Morgan fingerprint density at radius 3 is 2.46 bits per heavy atom. The highest BCUT2D eigenvalue weighted by Gasteiger charge is 2.43. The van der Waals surface area contributed by atoms with Crippen LogP contribution in [0.2, 0.25) is 0 Å². The molecule has 360 valence electrons. The maximum Gasteiger partial charge on any atom is 0.253 e. The van der Waals surface area contributed by atoms with Crippen molar-refractivity contribution in [3.8, 4) is 5.75 Å². The van der Waals surface area contributed by atoms with E-state index in [4.69, 9.17) is 15.2 Å². The number of imide groups is 1. The summed E-state index contributed by atoms with van der Waals surface area (Å²) in [6.45, 7) is 5.10. The summed E-state index contributed by atoms with van der Waals surface area (Å²) in [6, 6.07) is 13.9. The van der Waals surface area contributed by atoms with Crippen molar-refractivity contribution in [3.63, 3.8) is 0 Å².